The number of terminal acetylenes is 1. The van der Waals surface area contributed by atoms with E-state index >= 15 is 0 Å². The molecule has 1 atom stereocenters. The summed E-state index contributed by atoms with van der Waals surface area (Å²) in [5, 5.41) is 19.4. The number of benzene rings is 2. The Morgan fingerprint density at radius 2 is 1.97 bits per heavy atom. The van der Waals surface area contributed by atoms with Crippen molar-refractivity contribution < 1.29 is 22.8 Å². The van der Waals surface area contributed by atoms with Crippen LogP contribution in [0, 0.1) is 18.2 Å². The number of nitrogens with zero attached hydrogens (tertiary/aromatic N) is 3. The number of carbonyl (C=O) groups excluding carboxylic acids is 1. The van der Waals surface area contributed by atoms with E-state index in [0.717, 1.165) is 6.07 Å². The third-order valence-corrected chi connectivity index (χ3v) is 5.50. The molecule has 0 aliphatic heterocycles. The maximum absolute atomic E-state index is 13.7. The number of urea groups is 1. The SMILES string of the molecule is C#CC(c1cc(-c2ccc(F)c(Cl)c2)n(-c2ccccc2S(N)(=O)=O)n1)N(O)C(N)=O. The van der Waals surface area contributed by atoms with Gasteiger partial charge in [0.25, 0.3) is 0 Å². The molecule has 0 bridgehead atoms. The Balaban J connectivity index is 2.33. The van der Waals surface area contributed by atoms with Crippen molar-refractivity contribution in [3.05, 3.63) is 65.1 Å². The third kappa shape index (κ3) is 4.37. The molecule has 3 aromatic rings. The number of primary sulfonamides is 1. The molecule has 2 amide bonds. The summed E-state index contributed by atoms with van der Waals surface area (Å²) in [6, 6.07) is 8.26. The van der Waals surface area contributed by atoms with Crippen LogP contribution < -0.4 is 10.9 Å². The van der Waals surface area contributed by atoms with E-state index in [1.165, 1.54) is 41.1 Å². The average molecular weight is 464 g/mol. The molecule has 160 valence electrons. The van der Waals surface area contributed by atoms with Gasteiger partial charge in [0, 0.05) is 5.56 Å². The van der Waals surface area contributed by atoms with Crippen molar-refractivity contribution in [2.24, 2.45) is 10.9 Å². The first-order valence-corrected chi connectivity index (χ1v) is 10.4. The predicted octanol–water partition coefficient (Wildman–Crippen LogP) is 2.42. The number of hydrogen-bond acceptors (Lipinski definition) is 5. The number of primary amides is 1. The van der Waals surface area contributed by atoms with Gasteiger partial charge in [-0.15, -0.1) is 6.42 Å². The molecule has 0 aliphatic rings. The van der Waals surface area contributed by atoms with Crippen molar-refractivity contribution >= 4 is 27.7 Å². The van der Waals surface area contributed by atoms with E-state index in [9.17, 15) is 22.8 Å². The van der Waals surface area contributed by atoms with E-state index in [1.807, 2.05) is 0 Å². The fourth-order valence-electron chi connectivity index (χ4n) is 2.86. The lowest BCUT2D eigenvalue weighted by molar-refractivity contribution is -0.0607. The summed E-state index contributed by atoms with van der Waals surface area (Å²) in [7, 11) is -4.16. The zero-order valence-corrected chi connectivity index (χ0v) is 17.2. The van der Waals surface area contributed by atoms with Crippen LogP contribution in [0.15, 0.2) is 53.4 Å². The minimum Gasteiger partial charge on any atom is -0.350 e. The van der Waals surface area contributed by atoms with Crippen LogP contribution in [-0.4, -0.2) is 34.5 Å². The van der Waals surface area contributed by atoms with Crippen LogP contribution in [0.5, 0.6) is 0 Å². The Bertz CT molecular complexity index is 1320. The van der Waals surface area contributed by atoms with Crippen molar-refractivity contribution in [2.75, 3.05) is 0 Å². The van der Waals surface area contributed by atoms with Crippen LogP contribution in [0.25, 0.3) is 16.9 Å². The molecule has 1 aromatic heterocycles. The van der Waals surface area contributed by atoms with Crippen LogP contribution in [0.4, 0.5) is 9.18 Å². The number of rotatable bonds is 5. The van der Waals surface area contributed by atoms with Crippen LogP contribution in [0.1, 0.15) is 11.7 Å². The highest BCUT2D eigenvalue weighted by atomic mass is 35.5. The molecule has 5 N–H and O–H groups in total. The molecule has 0 spiro atoms. The number of para-hydroxylation sites is 1. The number of hydrogen-bond donors (Lipinski definition) is 3. The van der Waals surface area contributed by atoms with Crippen molar-refractivity contribution in [1.29, 1.82) is 0 Å². The Labute approximate surface area is 181 Å². The third-order valence-electron chi connectivity index (χ3n) is 4.25. The van der Waals surface area contributed by atoms with E-state index in [4.69, 9.17) is 28.9 Å². The monoisotopic (exact) mass is 463 g/mol. The quantitative estimate of drug-likeness (QED) is 0.302. The highest BCUT2D eigenvalue weighted by molar-refractivity contribution is 7.89. The van der Waals surface area contributed by atoms with Gasteiger partial charge in [-0.2, -0.15) is 10.2 Å². The fourth-order valence-corrected chi connectivity index (χ4v) is 3.75. The lowest BCUT2D eigenvalue weighted by atomic mass is 10.1. The zero-order chi connectivity index (χ0) is 22.9. The maximum Gasteiger partial charge on any atom is 0.340 e. The number of nitrogens with two attached hydrogens (primary N) is 2. The average Bonchev–Trinajstić information content (AvgIpc) is 3.14. The number of hydroxylamine groups is 2. The second-order valence-corrected chi connectivity index (χ2v) is 8.20. The van der Waals surface area contributed by atoms with E-state index in [2.05, 4.69) is 11.0 Å². The molecule has 2 aromatic carbocycles. The van der Waals surface area contributed by atoms with Crippen LogP contribution in [-0.2, 0) is 10.0 Å². The zero-order valence-electron chi connectivity index (χ0n) is 15.6. The van der Waals surface area contributed by atoms with Crippen LogP contribution >= 0.6 is 11.6 Å². The van der Waals surface area contributed by atoms with E-state index in [1.54, 1.807) is 6.07 Å². The number of halogens is 2. The number of amides is 2. The summed E-state index contributed by atoms with van der Waals surface area (Å²) in [4.78, 5) is 11.1. The van der Waals surface area contributed by atoms with Crippen LogP contribution in [0.3, 0.4) is 0 Å². The van der Waals surface area contributed by atoms with Gasteiger partial charge in [-0.05, 0) is 36.4 Å². The Hall–Kier alpha value is -3.43. The van der Waals surface area contributed by atoms with Crippen molar-refractivity contribution in [3.8, 4) is 29.3 Å². The van der Waals surface area contributed by atoms with Crippen molar-refractivity contribution in [3.63, 3.8) is 0 Å². The molecular formula is C19H15ClFN5O4S. The van der Waals surface area contributed by atoms with E-state index in [-0.39, 0.29) is 32.1 Å². The van der Waals surface area contributed by atoms with Gasteiger partial charge in [-0.3, -0.25) is 5.21 Å². The second-order valence-electron chi connectivity index (χ2n) is 6.26. The molecule has 0 saturated carbocycles. The second kappa shape index (κ2) is 8.37. The largest absolute Gasteiger partial charge is 0.350 e. The number of carbonyl (C=O) groups is 1. The van der Waals surface area contributed by atoms with Crippen molar-refractivity contribution in [1.82, 2.24) is 14.8 Å². The molecule has 0 saturated heterocycles. The maximum atomic E-state index is 13.7. The van der Waals surface area contributed by atoms with Gasteiger partial charge in [0.05, 0.1) is 16.4 Å². The highest BCUT2D eigenvalue weighted by Crippen LogP contribution is 2.32. The van der Waals surface area contributed by atoms with Crippen molar-refractivity contribution in [2.45, 2.75) is 10.9 Å². The lowest BCUT2D eigenvalue weighted by Crippen LogP contribution is -2.35. The molecular weight excluding hydrogens is 449 g/mol. The Morgan fingerprint density at radius 3 is 2.55 bits per heavy atom. The molecule has 0 radical (unpaired) electrons. The molecule has 1 heterocycles. The summed E-state index contributed by atoms with van der Waals surface area (Å²) in [6.45, 7) is 0. The molecule has 31 heavy (non-hydrogen) atoms. The van der Waals surface area contributed by atoms with Gasteiger partial charge < -0.3 is 5.73 Å². The molecule has 1 unspecified atom stereocenters. The van der Waals surface area contributed by atoms with Gasteiger partial charge in [0.15, 0.2) is 6.04 Å². The topological polar surface area (TPSA) is 145 Å². The molecule has 3 rings (SSSR count). The summed E-state index contributed by atoms with van der Waals surface area (Å²) in [6.07, 6.45) is 5.43. The first kappa shape index (κ1) is 22.3. The minimum absolute atomic E-state index is 0.0246. The van der Waals surface area contributed by atoms with E-state index < -0.39 is 27.9 Å². The predicted molar refractivity (Wildman–Crippen MR) is 110 cm³/mol. The standard InChI is InChI=1S/C19H15ClFN5O4S/c1-2-15(26(28)19(22)27)14-10-17(11-7-8-13(21)12(20)9-11)25(24-14)16-5-3-4-6-18(16)31(23,29)30/h1,3-10,15,28H,(H2,22,27)(H2,23,29,30). The number of aromatic nitrogens is 2. The summed E-state index contributed by atoms with van der Waals surface area (Å²) >= 11 is 5.89. The van der Waals surface area contributed by atoms with Gasteiger partial charge in [0.2, 0.25) is 10.0 Å². The Morgan fingerprint density at radius 1 is 1.29 bits per heavy atom. The summed E-state index contributed by atoms with van der Waals surface area (Å²) in [5.41, 5.74) is 5.68. The molecule has 12 heteroatoms. The smallest absolute Gasteiger partial charge is 0.340 e. The van der Waals surface area contributed by atoms with Gasteiger partial charge in [-0.1, -0.05) is 29.7 Å². The molecule has 0 aliphatic carbocycles. The highest BCUT2D eigenvalue weighted by Gasteiger charge is 2.26. The summed E-state index contributed by atoms with van der Waals surface area (Å²) < 4.78 is 39.0. The summed E-state index contributed by atoms with van der Waals surface area (Å²) in [5.74, 6) is 1.51. The Kier molecular flexibility index (Phi) is 6.01. The van der Waals surface area contributed by atoms with Gasteiger partial charge >= 0.3 is 6.03 Å². The van der Waals surface area contributed by atoms with E-state index in [0.29, 0.717) is 5.56 Å². The fraction of sp³-hybridized carbons (Fsp3) is 0.0526. The normalized spacial score (nSPS) is 12.2. The lowest BCUT2D eigenvalue weighted by Gasteiger charge is -2.17. The first-order chi connectivity index (χ1) is 14.5. The van der Waals surface area contributed by atoms with Gasteiger partial charge in [-0.25, -0.2) is 27.4 Å². The molecule has 9 nitrogen and oxygen atoms in total. The minimum atomic E-state index is -4.16. The van der Waals surface area contributed by atoms with Gasteiger partial charge in [0.1, 0.15) is 16.4 Å². The van der Waals surface area contributed by atoms with Crippen LogP contribution in [0.2, 0.25) is 5.02 Å². The first-order valence-electron chi connectivity index (χ1n) is 8.46. The number of sulfonamides is 1. The molecule has 0 fully saturated rings.